The molecule has 0 bridgehead atoms. The van der Waals surface area contributed by atoms with E-state index in [4.69, 9.17) is 0 Å². The molecule has 0 radical (unpaired) electrons. The van der Waals surface area contributed by atoms with Gasteiger partial charge in [0.2, 0.25) is 5.91 Å². The SMILES string of the molecule is Cl.O=C(NC1CC(=O)N(Cc2ccccc2)C1)c1cc2n(n1)CCNC2. The van der Waals surface area contributed by atoms with E-state index in [-0.39, 0.29) is 30.3 Å². The summed E-state index contributed by atoms with van der Waals surface area (Å²) in [6.07, 6.45) is 0.341. The van der Waals surface area contributed by atoms with Crippen molar-refractivity contribution in [2.45, 2.75) is 32.1 Å². The van der Waals surface area contributed by atoms with Crippen LogP contribution in [-0.2, 0) is 24.4 Å². The van der Waals surface area contributed by atoms with Gasteiger partial charge in [0, 0.05) is 32.6 Å². The highest BCUT2D eigenvalue weighted by atomic mass is 35.5. The molecule has 2 aromatic rings. The standard InChI is InChI=1S/C18H21N5O2.ClH/c24-17-8-14(12-22(17)11-13-4-2-1-3-5-13)20-18(25)16-9-15-10-19-6-7-23(15)21-16;/h1-5,9,14,19H,6-8,10-12H2,(H,20,25);1H. The van der Waals surface area contributed by atoms with Crippen LogP contribution in [0.2, 0.25) is 0 Å². The minimum absolute atomic E-state index is 0. The average Bonchev–Trinajstić information content (AvgIpc) is 3.19. The average molecular weight is 376 g/mol. The molecule has 0 spiro atoms. The van der Waals surface area contributed by atoms with Crippen LogP contribution in [0.1, 0.15) is 28.2 Å². The Morgan fingerprint density at radius 2 is 2.12 bits per heavy atom. The van der Waals surface area contributed by atoms with Gasteiger partial charge >= 0.3 is 0 Å². The molecule has 2 amide bonds. The van der Waals surface area contributed by atoms with E-state index in [1.54, 1.807) is 4.90 Å². The molecular weight excluding hydrogens is 354 g/mol. The van der Waals surface area contributed by atoms with Crippen molar-refractivity contribution >= 4 is 24.2 Å². The molecule has 1 fully saturated rings. The summed E-state index contributed by atoms with van der Waals surface area (Å²) in [6.45, 7) is 3.48. The fourth-order valence-corrected chi connectivity index (χ4v) is 3.39. The molecule has 3 heterocycles. The number of likely N-dealkylation sites (tertiary alicyclic amines) is 1. The summed E-state index contributed by atoms with van der Waals surface area (Å²) in [5, 5.41) is 10.6. The number of hydrogen-bond donors (Lipinski definition) is 2. The minimum atomic E-state index is -0.207. The smallest absolute Gasteiger partial charge is 0.272 e. The van der Waals surface area contributed by atoms with Gasteiger partial charge in [-0.15, -0.1) is 12.4 Å². The summed E-state index contributed by atoms with van der Waals surface area (Å²) in [4.78, 5) is 26.5. The molecule has 2 aliphatic rings. The van der Waals surface area contributed by atoms with E-state index in [1.807, 2.05) is 41.1 Å². The van der Waals surface area contributed by atoms with E-state index in [1.165, 1.54) is 0 Å². The zero-order valence-corrected chi connectivity index (χ0v) is 15.2. The second kappa shape index (κ2) is 7.88. The van der Waals surface area contributed by atoms with Crippen molar-refractivity contribution < 1.29 is 9.59 Å². The van der Waals surface area contributed by atoms with Gasteiger partial charge < -0.3 is 15.5 Å². The van der Waals surface area contributed by atoms with Crippen LogP contribution in [0.5, 0.6) is 0 Å². The number of aromatic nitrogens is 2. The van der Waals surface area contributed by atoms with Gasteiger partial charge in [-0.05, 0) is 11.6 Å². The molecule has 1 saturated heterocycles. The van der Waals surface area contributed by atoms with Crippen molar-refractivity contribution in [2.75, 3.05) is 13.1 Å². The summed E-state index contributed by atoms with van der Waals surface area (Å²) in [5.74, 6) is -0.135. The molecule has 1 atom stereocenters. The normalized spacial score (nSPS) is 19.0. The molecule has 4 rings (SSSR count). The summed E-state index contributed by atoms with van der Waals surface area (Å²) in [7, 11) is 0. The molecule has 0 aliphatic carbocycles. The first kappa shape index (κ1) is 18.4. The topological polar surface area (TPSA) is 79.3 Å². The molecule has 2 N–H and O–H groups in total. The highest BCUT2D eigenvalue weighted by molar-refractivity contribution is 5.93. The van der Waals surface area contributed by atoms with E-state index >= 15 is 0 Å². The van der Waals surface area contributed by atoms with Crippen LogP contribution in [0.25, 0.3) is 0 Å². The molecule has 2 aliphatic heterocycles. The van der Waals surface area contributed by atoms with Gasteiger partial charge in [-0.1, -0.05) is 30.3 Å². The predicted octanol–water partition coefficient (Wildman–Crippen LogP) is 0.939. The van der Waals surface area contributed by atoms with Gasteiger partial charge in [0.15, 0.2) is 5.69 Å². The van der Waals surface area contributed by atoms with Gasteiger partial charge in [0.1, 0.15) is 0 Å². The van der Waals surface area contributed by atoms with Crippen LogP contribution in [0.15, 0.2) is 36.4 Å². The first-order valence-electron chi connectivity index (χ1n) is 8.59. The number of halogens is 1. The molecule has 26 heavy (non-hydrogen) atoms. The minimum Gasteiger partial charge on any atom is -0.346 e. The van der Waals surface area contributed by atoms with Crippen molar-refractivity contribution in [3.63, 3.8) is 0 Å². The third kappa shape index (κ3) is 3.89. The molecule has 8 heteroatoms. The van der Waals surface area contributed by atoms with E-state index in [0.717, 1.165) is 30.9 Å². The van der Waals surface area contributed by atoms with Gasteiger partial charge in [-0.25, -0.2) is 0 Å². The van der Waals surface area contributed by atoms with Crippen LogP contribution in [0, 0.1) is 0 Å². The molecule has 7 nitrogen and oxygen atoms in total. The quantitative estimate of drug-likeness (QED) is 0.833. The third-order valence-electron chi connectivity index (χ3n) is 4.67. The van der Waals surface area contributed by atoms with Crippen molar-refractivity contribution in [1.82, 2.24) is 25.3 Å². The van der Waals surface area contributed by atoms with Gasteiger partial charge in [-0.3, -0.25) is 14.3 Å². The Bertz CT molecular complexity index is 769. The highest BCUT2D eigenvalue weighted by Gasteiger charge is 2.31. The Labute approximate surface area is 158 Å². The van der Waals surface area contributed by atoms with Crippen molar-refractivity contribution in [1.29, 1.82) is 0 Å². The number of rotatable bonds is 4. The first-order valence-corrected chi connectivity index (χ1v) is 8.59. The number of nitrogens with one attached hydrogen (secondary N) is 2. The molecule has 138 valence electrons. The van der Waals surface area contributed by atoms with Gasteiger partial charge in [0.05, 0.1) is 18.3 Å². The van der Waals surface area contributed by atoms with E-state index in [2.05, 4.69) is 15.7 Å². The fourth-order valence-electron chi connectivity index (χ4n) is 3.39. The second-order valence-electron chi connectivity index (χ2n) is 6.56. The lowest BCUT2D eigenvalue weighted by Crippen LogP contribution is -2.37. The lowest BCUT2D eigenvalue weighted by Gasteiger charge is -2.17. The van der Waals surface area contributed by atoms with Crippen LogP contribution >= 0.6 is 12.4 Å². The Morgan fingerprint density at radius 3 is 2.88 bits per heavy atom. The van der Waals surface area contributed by atoms with E-state index < -0.39 is 0 Å². The number of benzene rings is 1. The maximum Gasteiger partial charge on any atom is 0.272 e. The summed E-state index contributed by atoms with van der Waals surface area (Å²) in [6, 6.07) is 11.5. The number of carbonyl (C=O) groups excluding carboxylic acids is 2. The van der Waals surface area contributed by atoms with Crippen molar-refractivity contribution in [2.24, 2.45) is 0 Å². The zero-order valence-electron chi connectivity index (χ0n) is 14.4. The number of amides is 2. The number of hydrogen-bond acceptors (Lipinski definition) is 4. The number of carbonyl (C=O) groups is 2. The monoisotopic (exact) mass is 375 g/mol. The zero-order chi connectivity index (χ0) is 17.2. The summed E-state index contributed by atoms with van der Waals surface area (Å²) in [5.41, 5.74) is 2.54. The maximum atomic E-state index is 12.5. The predicted molar refractivity (Wildman–Crippen MR) is 98.9 cm³/mol. The molecular formula is C18H22ClN5O2. The van der Waals surface area contributed by atoms with Crippen LogP contribution in [-0.4, -0.2) is 45.6 Å². The third-order valence-corrected chi connectivity index (χ3v) is 4.67. The molecule has 1 unspecified atom stereocenters. The van der Waals surface area contributed by atoms with Crippen LogP contribution in [0.4, 0.5) is 0 Å². The maximum absolute atomic E-state index is 12.5. The molecule has 1 aromatic carbocycles. The van der Waals surface area contributed by atoms with Crippen LogP contribution in [0.3, 0.4) is 0 Å². The first-order chi connectivity index (χ1) is 12.2. The highest BCUT2D eigenvalue weighted by Crippen LogP contribution is 2.16. The molecule has 1 aromatic heterocycles. The van der Waals surface area contributed by atoms with E-state index in [0.29, 0.717) is 25.2 Å². The summed E-state index contributed by atoms with van der Waals surface area (Å²) < 4.78 is 1.87. The largest absolute Gasteiger partial charge is 0.346 e. The molecule has 0 saturated carbocycles. The van der Waals surface area contributed by atoms with E-state index in [9.17, 15) is 9.59 Å². The summed E-state index contributed by atoms with van der Waals surface area (Å²) >= 11 is 0. The van der Waals surface area contributed by atoms with Gasteiger partial charge in [-0.2, -0.15) is 5.10 Å². The fraction of sp³-hybridized carbons (Fsp3) is 0.389. The Hall–Kier alpha value is -2.38. The number of nitrogens with zero attached hydrogens (tertiary/aromatic N) is 3. The lowest BCUT2D eigenvalue weighted by atomic mass is 10.2. The Balaban J connectivity index is 0.00000196. The lowest BCUT2D eigenvalue weighted by molar-refractivity contribution is -0.128. The Kier molecular flexibility index (Phi) is 5.58. The van der Waals surface area contributed by atoms with Crippen LogP contribution < -0.4 is 10.6 Å². The Morgan fingerprint density at radius 1 is 1.31 bits per heavy atom. The number of fused-ring (bicyclic) bond motifs is 1. The van der Waals surface area contributed by atoms with Gasteiger partial charge in [0.25, 0.3) is 5.91 Å². The second-order valence-corrected chi connectivity index (χ2v) is 6.56. The van der Waals surface area contributed by atoms with Crippen molar-refractivity contribution in [3.8, 4) is 0 Å². The van der Waals surface area contributed by atoms with Crippen molar-refractivity contribution in [3.05, 3.63) is 53.3 Å².